The van der Waals surface area contributed by atoms with Crippen molar-refractivity contribution >= 4 is 58.0 Å². The third-order valence-electron chi connectivity index (χ3n) is 4.61. The second-order valence-electron chi connectivity index (χ2n) is 6.64. The summed E-state index contributed by atoms with van der Waals surface area (Å²) in [5.41, 5.74) is 1.86. The summed E-state index contributed by atoms with van der Waals surface area (Å²) in [6.07, 6.45) is 0. The van der Waals surface area contributed by atoms with Crippen molar-refractivity contribution in [2.45, 2.75) is 11.8 Å². The van der Waals surface area contributed by atoms with Crippen molar-refractivity contribution in [2.24, 2.45) is 0 Å². The number of thioether (sulfide) groups is 1. The Morgan fingerprint density at radius 3 is 2.10 bits per heavy atom. The Hall–Kier alpha value is -2.60. The highest BCUT2D eigenvalue weighted by molar-refractivity contribution is 8.04. The van der Waals surface area contributed by atoms with Crippen molar-refractivity contribution in [1.29, 1.82) is 0 Å². The zero-order valence-electron chi connectivity index (χ0n) is 15.7. The van der Waals surface area contributed by atoms with Crippen molar-refractivity contribution in [3.63, 3.8) is 0 Å². The molecule has 0 aromatic heterocycles. The Kier molecular flexibility index (Phi) is 5.69. The van der Waals surface area contributed by atoms with Crippen LogP contribution in [0.5, 0.6) is 0 Å². The monoisotopic (exact) mass is 457 g/mol. The fraction of sp³-hybridized carbons (Fsp3) is 0.0435. The molecule has 1 aliphatic rings. The maximum Gasteiger partial charge on any atom is 0.272 e. The molecule has 1 heterocycles. The van der Waals surface area contributed by atoms with E-state index in [2.05, 4.69) is 0 Å². The lowest BCUT2D eigenvalue weighted by Crippen LogP contribution is -2.31. The highest BCUT2D eigenvalue weighted by atomic mass is 35.5. The van der Waals surface area contributed by atoms with Crippen molar-refractivity contribution in [1.82, 2.24) is 0 Å². The van der Waals surface area contributed by atoms with E-state index in [0.717, 1.165) is 9.80 Å². The Balaban J connectivity index is 1.83. The number of rotatable bonds is 4. The summed E-state index contributed by atoms with van der Waals surface area (Å²) in [6, 6.07) is 17.5. The van der Waals surface area contributed by atoms with E-state index in [0.29, 0.717) is 26.9 Å². The molecule has 2 amide bonds. The fourth-order valence-corrected chi connectivity index (χ4v) is 4.53. The van der Waals surface area contributed by atoms with Crippen LogP contribution in [0.1, 0.15) is 11.1 Å². The van der Waals surface area contributed by atoms with Gasteiger partial charge in [0.2, 0.25) is 0 Å². The minimum absolute atomic E-state index is 0.231. The van der Waals surface area contributed by atoms with E-state index in [4.69, 9.17) is 23.2 Å². The van der Waals surface area contributed by atoms with Crippen LogP contribution in [0.25, 0.3) is 5.57 Å². The number of benzene rings is 3. The number of carbonyl (C=O) groups excluding carboxylic acids is 2. The summed E-state index contributed by atoms with van der Waals surface area (Å²) in [6.45, 7) is 1.78. The van der Waals surface area contributed by atoms with Gasteiger partial charge in [0.15, 0.2) is 0 Å². The SMILES string of the molecule is Cc1cc(Cl)ccc1N1C(=O)C(Sc2ccc(Cl)cc2)=C(c2ccc(F)cc2)C1=O. The van der Waals surface area contributed by atoms with Gasteiger partial charge in [0.1, 0.15) is 5.82 Å². The lowest BCUT2D eigenvalue weighted by atomic mass is 10.1. The first-order valence-electron chi connectivity index (χ1n) is 8.94. The quantitative estimate of drug-likeness (QED) is 0.418. The first-order valence-corrected chi connectivity index (χ1v) is 10.5. The van der Waals surface area contributed by atoms with Crippen LogP contribution in [-0.2, 0) is 9.59 Å². The lowest BCUT2D eigenvalue weighted by Gasteiger charge is -2.18. The van der Waals surface area contributed by atoms with Gasteiger partial charge in [0.25, 0.3) is 11.8 Å². The molecule has 30 heavy (non-hydrogen) atoms. The average Bonchev–Trinajstić information content (AvgIpc) is 2.95. The van der Waals surface area contributed by atoms with E-state index in [1.807, 2.05) is 0 Å². The smallest absolute Gasteiger partial charge is 0.268 e. The molecule has 3 nitrogen and oxygen atoms in total. The molecule has 0 saturated carbocycles. The first-order chi connectivity index (χ1) is 14.3. The molecular weight excluding hydrogens is 444 g/mol. The van der Waals surface area contributed by atoms with Crippen molar-refractivity contribution < 1.29 is 14.0 Å². The zero-order chi connectivity index (χ0) is 21.4. The summed E-state index contributed by atoms with van der Waals surface area (Å²) < 4.78 is 13.5. The third kappa shape index (κ3) is 3.88. The van der Waals surface area contributed by atoms with Gasteiger partial charge in [-0.3, -0.25) is 9.59 Å². The van der Waals surface area contributed by atoms with Crippen LogP contribution in [0.4, 0.5) is 10.1 Å². The maximum absolute atomic E-state index is 13.5. The van der Waals surface area contributed by atoms with Gasteiger partial charge in [-0.1, -0.05) is 47.1 Å². The fourth-order valence-electron chi connectivity index (χ4n) is 3.18. The van der Waals surface area contributed by atoms with Gasteiger partial charge >= 0.3 is 0 Å². The minimum atomic E-state index is -0.464. The number of carbonyl (C=O) groups is 2. The topological polar surface area (TPSA) is 37.4 Å². The summed E-state index contributed by atoms with van der Waals surface area (Å²) in [5.74, 6) is -1.33. The van der Waals surface area contributed by atoms with Crippen LogP contribution in [0.3, 0.4) is 0 Å². The third-order valence-corrected chi connectivity index (χ3v) is 6.19. The number of imide groups is 1. The molecule has 0 unspecified atom stereocenters. The maximum atomic E-state index is 13.5. The predicted molar refractivity (Wildman–Crippen MR) is 119 cm³/mol. The Bertz CT molecular complexity index is 1190. The summed E-state index contributed by atoms with van der Waals surface area (Å²) in [4.78, 5) is 28.9. The van der Waals surface area contributed by atoms with Gasteiger partial charge in [0, 0.05) is 14.9 Å². The number of anilines is 1. The van der Waals surface area contributed by atoms with E-state index in [1.165, 1.54) is 36.0 Å². The number of hydrogen-bond donors (Lipinski definition) is 0. The molecule has 7 heteroatoms. The van der Waals surface area contributed by atoms with Crippen molar-refractivity contribution in [3.05, 3.63) is 98.6 Å². The molecule has 0 N–H and O–H groups in total. The number of halogens is 3. The van der Waals surface area contributed by atoms with Crippen LogP contribution >= 0.6 is 35.0 Å². The van der Waals surface area contributed by atoms with Crippen LogP contribution < -0.4 is 4.90 Å². The number of amides is 2. The molecule has 0 fully saturated rings. The molecule has 0 aliphatic carbocycles. The molecule has 0 bridgehead atoms. The van der Waals surface area contributed by atoms with Crippen LogP contribution in [-0.4, -0.2) is 11.8 Å². The highest BCUT2D eigenvalue weighted by Gasteiger charge is 2.41. The molecular formula is C23H14Cl2FNO2S. The van der Waals surface area contributed by atoms with E-state index < -0.39 is 17.6 Å². The number of hydrogen-bond acceptors (Lipinski definition) is 3. The van der Waals surface area contributed by atoms with Gasteiger partial charge in [-0.2, -0.15) is 0 Å². The Morgan fingerprint density at radius 1 is 0.833 bits per heavy atom. The standard InChI is InChI=1S/C23H14Cl2FNO2S/c1-13-12-16(25)6-11-19(13)27-22(28)20(14-2-7-17(26)8-3-14)21(23(27)29)30-18-9-4-15(24)5-10-18/h2-12H,1H3. The van der Waals surface area contributed by atoms with Gasteiger partial charge in [-0.05, 0) is 72.6 Å². The molecule has 1 aliphatic heterocycles. The summed E-state index contributed by atoms with van der Waals surface area (Å²) in [7, 11) is 0. The first kappa shape index (κ1) is 20.7. The summed E-state index contributed by atoms with van der Waals surface area (Å²) in [5, 5.41) is 1.08. The summed E-state index contributed by atoms with van der Waals surface area (Å²) >= 11 is 13.2. The van der Waals surface area contributed by atoms with Crippen LogP contribution in [0.15, 0.2) is 76.5 Å². The molecule has 3 aromatic carbocycles. The van der Waals surface area contributed by atoms with Crippen molar-refractivity contribution in [2.75, 3.05) is 4.90 Å². The molecule has 3 aromatic rings. The molecule has 150 valence electrons. The van der Waals surface area contributed by atoms with Gasteiger partial charge in [-0.25, -0.2) is 9.29 Å². The van der Waals surface area contributed by atoms with Crippen LogP contribution in [0.2, 0.25) is 10.0 Å². The average molecular weight is 458 g/mol. The second-order valence-corrected chi connectivity index (χ2v) is 8.60. The zero-order valence-corrected chi connectivity index (χ0v) is 18.0. The van der Waals surface area contributed by atoms with E-state index in [-0.39, 0.29) is 10.5 Å². The van der Waals surface area contributed by atoms with E-state index in [9.17, 15) is 14.0 Å². The van der Waals surface area contributed by atoms with E-state index >= 15 is 0 Å². The molecule has 0 spiro atoms. The number of aryl methyl sites for hydroxylation is 1. The van der Waals surface area contributed by atoms with E-state index in [1.54, 1.807) is 49.4 Å². The highest BCUT2D eigenvalue weighted by Crippen LogP contribution is 2.42. The molecule has 0 saturated heterocycles. The van der Waals surface area contributed by atoms with Gasteiger partial charge < -0.3 is 0 Å². The predicted octanol–water partition coefficient (Wildman–Crippen LogP) is 6.52. The largest absolute Gasteiger partial charge is 0.272 e. The normalized spacial score (nSPS) is 14.1. The van der Waals surface area contributed by atoms with Gasteiger partial charge in [-0.15, -0.1) is 0 Å². The lowest BCUT2D eigenvalue weighted by molar-refractivity contribution is -0.119. The van der Waals surface area contributed by atoms with Gasteiger partial charge in [0.05, 0.1) is 16.2 Å². The van der Waals surface area contributed by atoms with Crippen LogP contribution in [0, 0.1) is 12.7 Å². The minimum Gasteiger partial charge on any atom is -0.268 e. The second kappa shape index (κ2) is 8.26. The number of nitrogens with zero attached hydrogens (tertiary/aromatic N) is 1. The van der Waals surface area contributed by atoms with Crippen molar-refractivity contribution in [3.8, 4) is 0 Å². The Morgan fingerprint density at radius 2 is 1.47 bits per heavy atom. The molecule has 0 radical (unpaired) electrons. The Labute approximate surface area is 187 Å². The molecule has 0 atom stereocenters. The molecule has 4 rings (SSSR count).